The second-order valence-electron chi connectivity index (χ2n) is 5.94. The van der Waals surface area contributed by atoms with Crippen LogP contribution in [0.25, 0.3) is 10.8 Å². The number of hydrogen-bond acceptors (Lipinski definition) is 2. The Labute approximate surface area is 121 Å². The number of methoxy groups -OCH3 is 1. The summed E-state index contributed by atoms with van der Waals surface area (Å²) in [5.41, 5.74) is 1.39. The zero-order valence-electron chi connectivity index (χ0n) is 12.5. The molecule has 0 saturated heterocycles. The molecule has 2 aromatic carbocycles. The van der Waals surface area contributed by atoms with Gasteiger partial charge in [0.15, 0.2) is 0 Å². The molecule has 1 fully saturated rings. The van der Waals surface area contributed by atoms with E-state index in [1.807, 2.05) is 6.07 Å². The summed E-state index contributed by atoms with van der Waals surface area (Å²) in [6.07, 6.45) is 2.79. The monoisotopic (exact) mass is 269 g/mol. The number of nitrogens with one attached hydrogen (secondary N) is 1. The topological polar surface area (TPSA) is 21.3 Å². The van der Waals surface area contributed by atoms with E-state index in [0.717, 1.165) is 11.7 Å². The molecule has 0 spiro atoms. The second-order valence-corrected chi connectivity index (χ2v) is 5.94. The van der Waals surface area contributed by atoms with Crippen molar-refractivity contribution in [2.75, 3.05) is 14.2 Å². The maximum absolute atomic E-state index is 5.29. The molecule has 2 aromatic rings. The van der Waals surface area contributed by atoms with Gasteiger partial charge in [0.2, 0.25) is 0 Å². The van der Waals surface area contributed by atoms with Crippen LogP contribution in [-0.2, 0) is 0 Å². The lowest BCUT2D eigenvalue weighted by molar-refractivity contribution is 0.369. The van der Waals surface area contributed by atoms with E-state index in [9.17, 15) is 0 Å². The molecule has 2 unspecified atom stereocenters. The molecule has 106 valence electrons. The Morgan fingerprint density at radius 3 is 2.45 bits per heavy atom. The van der Waals surface area contributed by atoms with Gasteiger partial charge in [0.25, 0.3) is 0 Å². The zero-order valence-corrected chi connectivity index (χ0v) is 12.5. The minimum absolute atomic E-state index is 0.453. The summed E-state index contributed by atoms with van der Waals surface area (Å²) in [6.45, 7) is 2.37. The molecule has 1 saturated carbocycles. The Morgan fingerprint density at radius 2 is 1.80 bits per heavy atom. The van der Waals surface area contributed by atoms with Gasteiger partial charge in [-0.3, -0.25) is 0 Å². The van der Waals surface area contributed by atoms with Crippen LogP contribution in [0.5, 0.6) is 5.75 Å². The first kappa shape index (κ1) is 13.4. The van der Waals surface area contributed by atoms with Crippen LogP contribution in [-0.4, -0.2) is 14.2 Å². The Kier molecular flexibility index (Phi) is 3.66. The lowest BCUT2D eigenvalue weighted by Crippen LogP contribution is -2.24. The van der Waals surface area contributed by atoms with E-state index in [0.29, 0.717) is 12.0 Å². The maximum atomic E-state index is 5.29. The van der Waals surface area contributed by atoms with Crippen LogP contribution in [0.3, 0.4) is 0 Å². The molecule has 3 rings (SSSR count). The average molecular weight is 269 g/mol. The number of benzene rings is 2. The molecule has 2 atom stereocenters. The van der Waals surface area contributed by atoms with E-state index in [-0.39, 0.29) is 0 Å². The van der Waals surface area contributed by atoms with Gasteiger partial charge in [-0.25, -0.2) is 0 Å². The molecule has 0 radical (unpaired) electrons. The number of hydrogen-bond donors (Lipinski definition) is 1. The largest absolute Gasteiger partial charge is 0.497 e. The highest BCUT2D eigenvalue weighted by atomic mass is 16.5. The molecular weight excluding hydrogens is 246 g/mol. The minimum atomic E-state index is 0.453. The molecule has 2 heteroatoms. The first-order valence-corrected chi connectivity index (χ1v) is 7.48. The van der Waals surface area contributed by atoms with E-state index in [1.54, 1.807) is 7.11 Å². The van der Waals surface area contributed by atoms with Crippen molar-refractivity contribution in [1.29, 1.82) is 0 Å². The molecule has 0 amide bonds. The van der Waals surface area contributed by atoms with Crippen LogP contribution in [0.15, 0.2) is 36.4 Å². The summed E-state index contributed by atoms with van der Waals surface area (Å²) in [5, 5.41) is 6.02. The van der Waals surface area contributed by atoms with E-state index in [2.05, 4.69) is 49.6 Å². The highest BCUT2D eigenvalue weighted by Gasteiger charge is 2.33. The highest BCUT2D eigenvalue weighted by Crippen LogP contribution is 2.42. The van der Waals surface area contributed by atoms with Crippen molar-refractivity contribution in [2.45, 2.75) is 25.8 Å². The van der Waals surface area contributed by atoms with Gasteiger partial charge in [-0.15, -0.1) is 0 Å². The smallest absolute Gasteiger partial charge is 0.119 e. The van der Waals surface area contributed by atoms with Crippen LogP contribution in [0.4, 0.5) is 0 Å². The first-order valence-electron chi connectivity index (χ1n) is 7.48. The molecule has 20 heavy (non-hydrogen) atoms. The molecule has 0 aromatic heterocycles. The quantitative estimate of drug-likeness (QED) is 0.880. The van der Waals surface area contributed by atoms with E-state index >= 15 is 0 Å². The van der Waals surface area contributed by atoms with Gasteiger partial charge in [-0.2, -0.15) is 0 Å². The standard InChI is InChI=1S/C18H23NO/c1-12(13-4-5-13)18(19-2)16-7-6-15-11-17(20-3)9-8-14(15)10-16/h6-13,18-19H,4-5H2,1-3H3. The van der Waals surface area contributed by atoms with Gasteiger partial charge >= 0.3 is 0 Å². The van der Waals surface area contributed by atoms with Crippen molar-refractivity contribution in [3.8, 4) is 5.75 Å². The summed E-state index contributed by atoms with van der Waals surface area (Å²) in [4.78, 5) is 0. The fourth-order valence-electron chi connectivity index (χ4n) is 3.19. The van der Waals surface area contributed by atoms with Gasteiger partial charge < -0.3 is 10.1 Å². The third-order valence-electron chi connectivity index (χ3n) is 4.63. The summed E-state index contributed by atoms with van der Waals surface area (Å²) >= 11 is 0. The Balaban J connectivity index is 1.94. The van der Waals surface area contributed by atoms with Crippen LogP contribution >= 0.6 is 0 Å². The fraction of sp³-hybridized carbons (Fsp3) is 0.444. The zero-order chi connectivity index (χ0) is 14.1. The van der Waals surface area contributed by atoms with E-state index in [4.69, 9.17) is 4.74 Å². The molecule has 2 nitrogen and oxygen atoms in total. The van der Waals surface area contributed by atoms with Crippen LogP contribution in [0.1, 0.15) is 31.4 Å². The first-order chi connectivity index (χ1) is 9.72. The summed E-state index contributed by atoms with van der Waals surface area (Å²) in [7, 11) is 3.78. The SMILES string of the molecule is CNC(c1ccc2cc(OC)ccc2c1)C(C)C1CC1. The van der Waals surface area contributed by atoms with Gasteiger partial charge in [0.1, 0.15) is 5.75 Å². The summed E-state index contributed by atoms with van der Waals surface area (Å²) < 4.78 is 5.29. The third-order valence-corrected chi connectivity index (χ3v) is 4.63. The molecule has 0 heterocycles. The van der Waals surface area contributed by atoms with Crippen molar-refractivity contribution in [2.24, 2.45) is 11.8 Å². The summed E-state index contributed by atoms with van der Waals surface area (Å²) in [5.74, 6) is 2.52. The number of rotatable bonds is 5. The maximum Gasteiger partial charge on any atom is 0.119 e. The number of ether oxygens (including phenoxy) is 1. The van der Waals surface area contributed by atoms with Crippen LogP contribution < -0.4 is 10.1 Å². The minimum Gasteiger partial charge on any atom is -0.497 e. The van der Waals surface area contributed by atoms with Crippen molar-refractivity contribution in [3.63, 3.8) is 0 Å². The lowest BCUT2D eigenvalue weighted by Gasteiger charge is -2.24. The Morgan fingerprint density at radius 1 is 1.10 bits per heavy atom. The predicted octanol–water partition coefficient (Wildman–Crippen LogP) is 4.16. The van der Waals surface area contributed by atoms with Gasteiger partial charge in [0, 0.05) is 6.04 Å². The van der Waals surface area contributed by atoms with Crippen LogP contribution in [0, 0.1) is 11.8 Å². The molecule has 1 N–H and O–H groups in total. The molecule has 0 aliphatic heterocycles. The predicted molar refractivity (Wildman–Crippen MR) is 84.2 cm³/mol. The van der Waals surface area contributed by atoms with Crippen molar-refractivity contribution in [3.05, 3.63) is 42.0 Å². The number of fused-ring (bicyclic) bond motifs is 1. The van der Waals surface area contributed by atoms with Crippen molar-refractivity contribution >= 4 is 10.8 Å². The molecule has 1 aliphatic rings. The molecule has 1 aliphatic carbocycles. The third kappa shape index (κ3) is 2.53. The average Bonchev–Trinajstić information content (AvgIpc) is 3.32. The molecule has 0 bridgehead atoms. The fourth-order valence-corrected chi connectivity index (χ4v) is 3.19. The van der Waals surface area contributed by atoms with Gasteiger partial charge in [0.05, 0.1) is 7.11 Å². The van der Waals surface area contributed by atoms with Crippen molar-refractivity contribution < 1.29 is 4.74 Å². The van der Waals surface area contributed by atoms with Gasteiger partial charge in [-0.05, 0) is 66.3 Å². The highest BCUT2D eigenvalue weighted by molar-refractivity contribution is 5.84. The van der Waals surface area contributed by atoms with Crippen molar-refractivity contribution in [1.82, 2.24) is 5.32 Å². The Hall–Kier alpha value is -1.54. The van der Waals surface area contributed by atoms with Gasteiger partial charge in [-0.1, -0.05) is 25.1 Å². The second kappa shape index (κ2) is 5.45. The Bertz CT molecular complexity index is 603. The lowest BCUT2D eigenvalue weighted by atomic mass is 9.89. The molecular formula is C18H23NO. The van der Waals surface area contributed by atoms with E-state index in [1.165, 1.54) is 29.2 Å². The van der Waals surface area contributed by atoms with Crippen LogP contribution in [0.2, 0.25) is 0 Å². The van der Waals surface area contributed by atoms with E-state index < -0.39 is 0 Å². The summed E-state index contributed by atoms with van der Waals surface area (Å²) in [6, 6.07) is 13.5. The normalized spacial score (nSPS) is 17.9.